The molecule has 0 aliphatic carbocycles. The first-order valence-corrected chi connectivity index (χ1v) is 9.17. The zero-order valence-corrected chi connectivity index (χ0v) is 16.0. The van der Waals surface area contributed by atoms with Crippen LogP contribution < -0.4 is 14.9 Å². The molecule has 1 N–H and O–H groups in total. The lowest BCUT2D eigenvalue weighted by Gasteiger charge is -2.12. The number of anilines is 1. The Morgan fingerprint density at radius 2 is 2.08 bits per heavy atom. The maximum atomic E-state index is 6.18. The van der Waals surface area contributed by atoms with Crippen LogP contribution in [-0.2, 0) is 6.61 Å². The summed E-state index contributed by atoms with van der Waals surface area (Å²) in [6, 6.07) is 13.2. The number of halogens is 1. The van der Waals surface area contributed by atoms with Crippen molar-refractivity contribution in [2.45, 2.75) is 13.5 Å². The summed E-state index contributed by atoms with van der Waals surface area (Å²) in [6.45, 7) is 2.30. The molecule has 0 atom stereocenters. The van der Waals surface area contributed by atoms with Crippen LogP contribution in [0.1, 0.15) is 16.8 Å². The zero-order chi connectivity index (χ0) is 18.4. The van der Waals surface area contributed by atoms with Crippen molar-refractivity contribution in [3.8, 4) is 11.5 Å². The third-order valence-electron chi connectivity index (χ3n) is 3.52. The highest BCUT2D eigenvalue weighted by Crippen LogP contribution is 2.29. The Balaban J connectivity index is 1.70. The van der Waals surface area contributed by atoms with Crippen molar-refractivity contribution in [3.63, 3.8) is 0 Å². The molecule has 0 aliphatic rings. The van der Waals surface area contributed by atoms with Crippen LogP contribution in [0.25, 0.3) is 0 Å². The monoisotopic (exact) mass is 387 g/mol. The van der Waals surface area contributed by atoms with Gasteiger partial charge in [-0.15, -0.1) is 11.3 Å². The molecule has 26 heavy (non-hydrogen) atoms. The van der Waals surface area contributed by atoms with Crippen LogP contribution in [0.3, 0.4) is 0 Å². The molecule has 2 aromatic carbocycles. The van der Waals surface area contributed by atoms with E-state index < -0.39 is 0 Å². The molecule has 0 spiro atoms. The number of hydrogen-bond acceptors (Lipinski definition) is 6. The van der Waals surface area contributed by atoms with Crippen molar-refractivity contribution in [3.05, 3.63) is 69.7 Å². The predicted octanol–water partition coefficient (Wildman–Crippen LogP) is 5.14. The molecule has 7 heteroatoms. The Hall–Kier alpha value is -2.57. The van der Waals surface area contributed by atoms with Crippen molar-refractivity contribution < 1.29 is 9.47 Å². The Labute approximate surface area is 161 Å². The van der Waals surface area contributed by atoms with Gasteiger partial charge in [0.25, 0.3) is 0 Å². The molecule has 3 rings (SSSR count). The Morgan fingerprint density at radius 1 is 1.23 bits per heavy atom. The van der Waals surface area contributed by atoms with Crippen LogP contribution in [0.15, 0.2) is 52.9 Å². The molecule has 0 radical (unpaired) electrons. The Kier molecular flexibility index (Phi) is 6.09. The van der Waals surface area contributed by atoms with Gasteiger partial charge in [-0.05, 0) is 36.8 Å². The first-order chi connectivity index (χ1) is 12.7. The van der Waals surface area contributed by atoms with Gasteiger partial charge in [-0.25, -0.2) is 4.98 Å². The van der Waals surface area contributed by atoms with Gasteiger partial charge in [0.05, 0.1) is 19.0 Å². The summed E-state index contributed by atoms with van der Waals surface area (Å²) in [7, 11) is 1.61. The van der Waals surface area contributed by atoms with E-state index in [1.54, 1.807) is 13.3 Å². The molecule has 0 fully saturated rings. The lowest BCUT2D eigenvalue weighted by atomic mass is 10.2. The number of ether oxygens (including phenoxy) is 2. The Morgan fingerprint density at radius 3 is 2.81 bits per heavy atom. The number of hydrazone groups is 1. The Bertz CT molecular complexity index is 911. The topological polar surface area (TPSA) is 55.7 Å². The maximum absolute atomic E-state index is 6.18. The lowest BCUT2D eigenvalue weighted by Crippen LogP contribution is -1.99. The lowest BCUT2D eigenvalue weighted by molar-refractivity contribution is 0.284. The van der Waals surface area contributed by atoms with Gasteiger partial charge in [0.2, 0.25) is 5.13 Å². The second-order valence-corrected chi connectivity index (χ2v) is 6.72. The number of methoxy groups -OCH3 is 1. The van der Waals surface area contributed by atoms with E-state index in [0.717, 1.165) is 22.0 Å². The van der Waals surface area contributed by atoms with Crippen molar-refractivity contribution in [1.82, 2.24) is 4.98 Å². The van der Waals surface area contributed by atoms with Gasteiger partial charge >= 0.3 is 0 Å². The van der Waals surface area contributed by atoms with E-state index >= 15 is 0 Å². The summed E-state index contributed by atoms with van der Waals surface area (Å²) in [5.41, 5.74) is 5.67. The number of nitrogens with zero attached hydrogens (tertiary/aromatic N) is 2. The van der Waals surface area contributed by atoms with E-state index in [0.29, 0.717) is 23.1 Å². The fourth-order valence-electron chi connectivity index (χ4n) is 2.22. The third kappa shape index (κ3) is 4.74. The van der Waals surface area contributed by atoms with E-state index in [9.17, 15) is 0 Å². The third-order valence-corrected chi connectivity index (χ3v) is 4.76. The molecular weight excluding hydrogens is 370 g/mol. The maximum Gasteiger partial charge on any atom is 0.203 e. The van der Waals surface area contributed by atoms with Gasteiger partial charge in [0.15, 0.2) is 11.5 Å². The minimum Gasteiger partial charge on any atom is -0.493 e. The number of nitrogens with one attached hydrogen (secondary N) is 1. The van der Waals surface area contributed by atoms with E-state index in [4.69, 9.17) is 21.1 Å². The molecule has 5 nitrogen and oxygen atoms in total. The quantitative estimate of drug-likeness (QED) is 0.450. The van der Waals surface area contributed by atoms with Gasteiger partial charge in [-0.3, -0.25) is 5.43 Å². The molecule has 1 heterocycles. The number of aromatic nitrogens is 1. The van der Waals surface area contributed by atoms with Gasteiger partial charge in [0, 0.05) is 16.0 Å². The molecule has 3 aromatic rings. The second kappa shape index (κ2) is 8.69. The molecule has 0 saturated heterocycles. The van der Waals surface area contributed by atoms with E-state index in [1.807, 2.05) is 54.8 Å². The van der Waals surface area contributed by atoms with Crippen LogP contribution in [0.2, 0.25) is 5.02 Å². The highest BCUT2D eigenvalue weighted by molar-refractivity contribution is 7.13. The fraction of sp³-hybridized carbons (Fsp3) is 0.158. The number of thiazole rings is 1. The van der Waals surface area contributed by atoms with Gasteiger partial charge < -0.3 is 9.47 Å². The van der Waals surface area contributed by atoms with Crippen LogP contribution in [0.5, 0.6) is 11.5 Å². The second-order valence-electron chi connectivity index (χ2n) is 5.45. The van der Waals surface area contributed by atoms with Gasteiger partial charge in [-0.1, -0.05) is 29.8 Å². The highest BCUT2D eigenvalue weighted by atomic mass is 35.5. The summed E-state index contributed by atoms with van der Waals surface area (Å²) in [6.07, 6.45) is 1.71. The van der Waals surface area contributed by atoms with Crippen LogP contribution in [0.4, 0.5) is 5.13 Å². The molecule has 0 saturated carbocycles. The van der Waals surface area contributed by atoms with Crippen LogP contribution in [-0.4, -0.2) is 18.3 Å². The van der Waals surface area contributed by atoms with Crippen molar-refractivity contribution in [2.75, 3.05) is 12.5 Å². The standard InChI is InChI=1S/C19H18ClN3O2S/c1-13-12-26-19(22-13)23-21-10-14-7-8-17(24-2)18(9-14)25-11-15-5-3-4-6-16(15)20/h3-10,12H,11H2,1-2H3,(H,22,23). The van der Waals surface area contributed by atoms with Gasteiger partial charge in [-0.2, -0.15) is 5.10 Å². The minimum atomic E-state index is 0.354. The van der Waals surface area contributed by atoms with Crippen molar-refractivity contribution >= 4 is 34.3 Å². The van der Waals surface area contributed by atoms with E-state index in [2.05, 4.69) is 15.5 Å². The number of rotatable bonds is 7. The fourth-order valence-corrected chi connectivity index (χ4v) is 3.05. The minimum absolute atomic E-state index is 0.354. The van der Waals surface area contributed by atoms with E-state index in [1.165, 1.54) is 11.3 Å². The SMILES string of the molecule is COc1ccc(C=NNc2nc(C)cs2)cc1OCc1ccccc1Cl. The summed E-state index contributed by atoms with van der Waals surface area (Å²) in [5, 5.41) is 7.60. The normalized spacial score (nSPS) is 10.9. The molecule has 134 valence electrons. The van der Waals surface area contributed by atoms with Crippen molar-refractivity contribution in [2.24, 2.45) is 5.10 Å². The molecule has 0 aliphatic heterocycles. The average Bonchev–Trinajstić information content (AvgIpc) is 3.06. The van der Waals surface area contributed by atoms with Crippen LogP contribution >= 0.6 is 22.9 Å². The zero-order valence-electron chi connectivity index (χ0n) is 14.4. The first-order valence-electron chi connectivity index (χ1n) is 7.91. The summed E-state index contributed by atoms with van der Waals surface area (Å²) >= 11 is 7.69. The number of aryl methyl sites for hydroxylation is 1. The highest BCUT2D eigenvalue weighted by Gasteiger charge is 2.07. The number of hydrogen-bond donors (Lipinski definition) is 1. The molecule has 0 amide bonds. The van der Waals surface area contributed by atoms with Crippen LogP contribution in [0, 0.1) is 6.92 Å². The number of benzene rings is 2. The molecular formula is C19H18ClN3O2S. The van der Waals surface area contributed by atoms with Gasteiger partial charge in [0.1, 0.15) is 6.61 Å². The average molecular weight is 388 g/mol. The summed E-state index contributed by atoms with van der Waals surface area (Å²) < 4.78 is 11.3. The molecule has 1 aromatic heterocycles. The summed E-state index contributed by atoms with van der Waals surface area (Å²) in [4.78, 5) is 4.29. The molecule has 0 unspecified atom stereocenters. The first kappa shape index (κ1) is 18.2. The smallest absolute Gasteiger partial charge is 0.203 e. The van der Waals surface area contributed by atoms with E-state index in [-0.39, 0.29) is 0 Å². The molecule has 0 bridgehead atoms. The predicted molar refractivity (Wildman–Crippen MR) is 107 cm³/mol. The summed E-state index contributed by atoms with van der Waals surface area (Å²) in [5.74, 6) is 1.28. The van der Waals surface area contributed by atoms with Crippen molar-refractivity contribution in [1.29, 1.82) is 0 Å². The largest absolute Gasteiger partial charge is 0.493 e.